The first-order valence-corrected chi connectivity index (χ1v) is 4.81. The third-order valence-electron chi connectivity index (χ3n) is 2.09. The number of hydrogen-bond acceptors (Lipinski definition) is 3. The van der Waals surface area contributed by atoms with Gasteiger partial charge in [-0.15, -0.1) is 0 Å². The molecule has 0 fully saturated rings. The maximum atomic E-state index is 11.2. The second-order valence-corrected chi connectivity index (χ2v) is 4.32. The lowest BCUT2D eigenvalue weighted by atomic mass is 9.89. The van der Waals surface area contributed by atoms with Gasteiger partial charge in [0.15, 0.2) is 11.6 Å². The topological polar surface area (TPSA) is 42.9 Å². The van der Waals surface area contributed by atoms with Crippen molar-refractivity contribution in [3.05, 3.63) is 23.8 Å². The van der Waals surface area contributed by atoms with Crippen LogP contribution in [0.15, 0.2) is 12.4 Å². The van der Waals surface area contributed by atoms with Crippen LogP contribution in [0.2, 0.25) is 0 Å². The molecule has 14 heavy (non-hydrogen) atoms. The fourth-order valence-electron chi connectivity index (χ4n) is 1.02. The van der Waals surface area contributed by atoms with Crippen LogP contribution in [0.25, 0.3) is 0 Å². The summed E-state index contributed by atoms with van der Waals surface area (Å²) in [6.45, 7) is 8.08. The minimum Gasteiger partial charge on any atom is -0.291 e. The van der Waals surface area contributed by atoms with Gasteiger partial charge >= 0.3 is 0 Å². The first-order valence-electron chi connectivity index (χ1n) is 4.81. The van der Waals surface area contributed by atoms with E-state index in [0.717, 1.165) is 5.56 Å². The quantitative estimate of drug-likeness (QED) is 0.675. The van der Waals surface area contributed by atoms with Gasteiger partial charge in [-0.2, -0.15) is 0 Å². The van der Waals surface area contributed by atoms with Crippen LogP contribution in [0.5, 0.6) is 0 Å². The Morgan fingerprint density at radius 2 is 1.79 bits per heavy atom. The van der Waals surface area contributed by atoms with Gasteiger partial charge in [0.1, 0.15) is 0 Å². The molecule has 0 radical (unpaired) electrons. The Hall–Kier alpha value is -1.25. The van der Waals surface area contributed by atoms with E-state index < -0.39 is 0 Å². The predicted molar refractivity (Wildman–Crippen MR) is 55.4 cm³/mol. The number of hydrogen-bond donors (Lipinski definition) is 0. The van der Waals surface area contributed by atoms with Gasteiger partial charge in [-0.1, -0.05) is 27.7 Å². The molecule has 0 saturated heterocycles. The fraction of sp³-hybridized carbons (Fsp3) is 0.545. The molecule has 1 aromatic rings. The molecule has 0 aromatic carbocycles. The van der Waals surface area contributed by atoms with E-state index in [4.69, 9.17) is 0 Å². The first kappa shape index (κ1) is 10.8. The number of Topliss-reactive ketones (excluding diaryl/α,β-unsaturated/α-hetero) is 1. The van der Waals surface area contributed by atoms with Gasteiger partial charge < -0.3 is 0 Å². The zero-order valence-corrected chi connectivity index (χ0v) is 9.16. The van der Waals surface area contributed by atoms with Crippen LogP contribution in [0.3, 0.4) is 0 Å². The average molecular weight is 192 g/mol. The first-order chi connectivity index (χ1) is 6.45. The molecule has 1 aromatic heterocycles. The summed E-state index contributed by atoms with van der Waals surface area (Å²) >= 11 is 0. The van der Waals surface area contributed by atoms with Gasteiger partial charge in [-0.05, 0) is 11.0 Å². The van der Waals surface area contributed by atoms with Crippen molar-refractivity contribution in [2.75, 3.05) is 0 Å². The van der Waals surface area contributed by atoms with E-state index >= 15 is 0 Å². The van der Waals surface area contributed by atoms with Gasteiger partial charge in [0.25, 0.3) is 0 Å². The summed E-state index contributed by atoms with van der Waals surface area (Å²) in [6.07, 6.45) is 3.92. The Labute approximate surface area is 84.6 Å². The molecule has 0 aliphatic rings. The molecule has 0 aliphatic heterocycles. The summed E-state index contributed by atoms with van der Waals surface area (Å²) in [5.74, 6) is 0.311. The Bertz CT molecular complexity index is 322. The summed E-state index contributed by atoms with van der Waals surface area (Å²) in [5.41, 5.74) is 1.08. The number of aromatic nitrogens is 2. The normalized spacial score (nSPS) is 11.4. The molecule has 0 bridgehead atoms. The van der Waals surface area contributed by atoms with Crippen LogP contribution >= 0.6 is 0 Å². The predicted octanol–water partition coefficient (Wildman–Crippen LogP) is 2.37. The van der Waals surface area contributed by atoms with Gasteiger partial charge in [0.2, 0.25) is 0 Å². The Morgan fingerprint density at radius 1 is 1.29 bits per heavy atom. The van der Waals surface area contributed by atoms with Crippen molar-refractivity contribution in [1.82, 2.24) is 9.97 Å². The van der Waals surface area contributed by atoms with Crippen LogP contribution in [0, 0.1) is 0 Å². The summed E-state index contributed by atoms with van der Waals surface area (Å²) in [6, 6.07) is 0. The third kappa shape index (κ3) is 2.37. The molecule has 3 heteroatoms. The van der Waals surface area contributed by atoms with Crippen molar-refractivity contribution < 1.29 is 4.79 Å². The van der Waals surface area contributed by atoms with E-state index in [1.54, 1.807) is 12.4 Å². The molecule has 0 aliphatic carbocycles. The second kappa shape index (κ2) is 3.86. The standard InChI is InChI=1S/C11H16N2O/c1-5-9(14)10-12-6-8(7-13-10)11(2,3)4/h6-7H,5H2,1-4H3. The van der Waals surface area contributed by atoms with Crippen molar-refractivity contribution in [2.45, 2.75) is 39.5 Å². The van der Waals surface area contributed by atoms with Gasteiger partial charge in [0.05, 0.1) is 0 Å². The van der Waals surface area contributed by atoms with E-state index in [9.17, 15) is 4.79 Å². The molecule has 0 saturated carbocycles. The van der Waals surface area contributed by atoms with E-state index in [1.165, 1.54) is 0 Å². The smallest absolute Gasteiger partial charge is 0.199 e. The Kier molecular flexibility index (Phi) is 2.99. The average Bonchev–Trinajstić information content (AvgIpc) is 2.15. The van der Waals surface area contributed by atoms with E-state index in [2.05, 4.69) is 30.7 Å². The molecular formula is C11H16N2O. The summed E-state index contributed by atoms with van der Waals surface area (Å²) < 4.78 is 0. The molecule has 0 N–H and O–H groups in total. The number of carbonyl (C=O) groups excluding carboxylic acids is 1. The minimum atomic E-state index is -0.00883. The molecule has 76 valence electrons. The SMILES string of the molecule is CCC(=O)c1ncc(C(C)(C)C)cn1. The summed E-state index contributed by atoms with van der Waals surface area (Å²) in [5, 5.41) is 0. The fourth-order valence-corrected chi connectivity index (χ4v) is 1.02. The zero-order valence-electron chi connectivity index (χ0n) is 9.16. The molecular weight excluding hydrogens is 176 g/mol. The van der Waals surface area contributed by atoms with E-state index in [-0.39, 0.29) is 11.2 Å². The monoisotopic (exact) mass is 192 g/mol. The van der Waals surface area contributed by atoms with Crippen LogP contribution in [0.1, 0.15) is 50.3 Å². The molecule has 0 amide bonds. The lowest BCUT2D eigenvalue weighted by Gasteiger charge is -2.17. The number of carbonyl (C=O) groups is 1. The Morgan fingerprint density at radius 3 is 2.14 bits per heavy atom. The highest BCUT2D eigenvalue weighted by Gasteiger charge is 2.15. The zero-order chi connectivity index (χ0) is 10.8. The van der Waals surface area contributed by atoms with Crippen LogP contribution in [0.4, 0.5) is 0 Å². The molecule has 0 spiro atoms. The number of rotatable bonds is 2. The highest BCUT2D eigenvalue weighted by molar-refractivity contribution is 5.92. The molecule has 3 nitrogen and oxygen atoms in total. The number of ketones is 1. The maximum Gasteiger partial charge on any atom is 0.199 e. The van der Waals surface area contributed by atoms with Crippen LogP contribution in [-0.2, 0) is 5.41 Å². The van der Waals surface area contributed by atoms with Crippen molar-refractivity contribution >= 4 is 5.78 Å². The third-order valence-corrected chi connectivity index (χ3v) is 2.09. The molecule has 1 heterocycles. The lowest BCUT2D eigenvalue weighted by molar-refractivity contribution is 0.0978. The van der Waals surface area contributed by atoms with Crippen LogP contribution in [-0.4, -0.2) is 15.8 Å². The second-order valence-electron chi connectivity index (χ2n) is 4.32. The van der Waals surface area contributed by atoms with Crippen molar-refractivity contribution in [3.8, 4) is 0 Å². The van der Waals surface area contributed by atoms with Gasteiger partial charge in [-0.25, -0.2) is 9.97 Å². The highest BCUT2D eigenvalue weighted by atomic mass is 16.1. The van der Waals surface area contributed by atoms with Crippen molar-refractivity contribution in [1.29, 1.82) is 0 Å². The van der Waals surface area contributed by atoms with E-state index in [1.807, 2.05) is 6.92 Å². The maximum absolute atomic E-state index is 11.2. The van der Waals surface area contributed by atoms with E-state index in [0.29, 0.717) is 12.2 Å². The summed E-state index contributed by atoms with van der Waals surface area (Å²) in [7, 11) is 0. The minimum absolute atomic E-state index is 0.00883. The lowest BCUT2D eigenvalue weighted by Crippen LogP contribution is -2.14. The molecule has 0 atom stereocenters. The summed E-state index contributed by atoms with van der Waals surface area (Å²) in [4.78, 5) is 19.4. The van der Waals surface area contributed by atoms with Crippen molar-refractivity contribution in [3.63, 3.8) is 0 Å². The van der Waals surface area contributed by atoms with Crippen molar-refractivity contribution in [2.24, 2.45) is 0 Å². The molecule has 0 unspecified atom stereocenters. The van der Waals surface area contributed by atoms with Gasteiger partial charge in [0, 0.05) is 18.8 Å². The molecule has 1 rings (SSSR count). The van der Waals surface area contributed by atoms with Crippen LogP contribution < -0.4 is 0 Å². The Balaban J connectivity index is 2.95. The van der Waals surface area contributed by atoms with Gasteiger partial charge in [-0.3, -0.25) is 4.79 Å². The highest BCUT2D eigenvalue weighted by Crippen LogP contribution is 2.19. The largest absolute Gasteiger partial charge is 0.291 e. The number of nitrogens with zero attached hydrogens (tertiary/aromatic N) is 2.